The SMILES string of the molecule is C=C(C)[C@@H]1CC[C@]2(C(=O)OC)CC[C@]3(C)[C@H](CC[C@@H]4[C@@]5(C)C[C@@H](Cc6cn([C@]7(CO)O[C@@H](n8ccc(=O)[nH]c8=O)[C@H](O)[C@@H]7O)nn6)C(=O)C(C)(C)[C@@H]5CC[C@]43C)[C@@H]12. The lowest BCUT2D eigenvalue weighted by atomic mass is 9.32. The van der Waals surface area contributed by atoms with Gasteiger partial charge in [0.1, 0.15) is 18.0 Å². The van der Waals surface area contributed by atoms with E-state index in [-0.39, 0.29) is 45.8 Å². The van der Waals surface area contributed by atoms with Crippen LogP contribution in [0.25, 0.3) is 0 Å². The number of aliphatic hydroxyl groups excluding tert-OH is 3. The van der Waals surface area contributed by atoms with Crippen LogP contribution in [-0.2, 0) is 31.2 Å². The van der Waals surface area contributed by atoms with Crippen molar-refractivity contribution in [1.29, 1.82) is 0 Å². The predicted octanol–water partition coefficient (Wildman–Crippen LogP) is 3.89. The fourth-order valence-corrected chi connectivity index (χ4v) is 14.9. The highest BCUT2D eigenvalue weighted by Gasteiger charge is 2.73. The van der Waals surface area contributed by atoms with Gasteiger partial charge in [-0.05, 0) is 111 Å². The number of fused-ring (bicyclic) bond motifs is 7. The molecule has 14 atom stereocenters. The number of carbonyl (C=O) groups excluding carboxylic acids is 2. The second-order valence-electron chi connectivity index (χ2n) is 20.1. The molecule has 312 valence electrons. The number of aromatic amines is 1. The van der Waals surface area contributed by atoms with E-state index in [9.17, 15) is 34.5 Å². The van der Waals surface area contributed by atoms with Gasteiger partial charge in [0.05, 0.1) is 31.0 Å². The smallest absolute Gasteiger partial charge is 0.330 e. The largest absolute Gasteiger partial charge is 0.469 e. The van der Waals surface area contributed by atoms with Gasteiger partial charge >= 0.3 is 11.7 Å². The van der Waals surface area contributed by atoms with Crippen LogP contribution >= 0.6 is 0 Å². The first-order valence-corrected chi connectivity index (χ1v) is 20.9. The number of aliphatic hydroxyl groups is 3. The third kappa shape index (κ3) is 5.34. The van der Waals surface area contributed by atoms with E-state index in [0.717, 1.165) is 72.9 Å². The topological polar surface area (TPSA) is 199 Å². The molecular formula is C43H61N5O9. The Labute approximate surface area is 333 Å². The standard InChI is InChI=1S/C43H61N5O9/c1-23(2)26-11-15-42(36(54)56-8)17-16-40(6)27(31(26)42)9-10-29-39(5)20-24(33(52)38(3,4)28(39)12-14-41(29,40)7)19-25-21-48(46-45-25)43(22-49)34(53)32(51)35(57-43)47-18-13-30(50)44-37(47)55/h13,18,21,24,26-29,31-32,34-35,49,51,53H,1,9-12,14-17,19-20,22H2,2-8H3,(H,44,50,55)/t24-,26+,27-,28+,29-,31-,32-,34+,35-,39+,40-,41-,42+,43-/m1/s1. The zero-order valence-electron chi connectivity index (χ0n) is 34.5. The van der Waals surface area contributed by atoms with Crippen LogP contribution in [0.1, 0.15) is 111 Å². The Morgan fingerprint density at radius 1 is 1.02 bits per heavy atom. The van der Waals surface area contributed by atoms with Crippen LogP contribution in [0.2, 0.25) is 0 Å². The van der Waals surface area contributed by atoms with Crippen molar-refractivity contribution in [2.24, 2.45) is 62.6 Å². The molecule has 6 aliphatic rings. The summed E-state index contributed by atoms with van der Waals surface area (Å²) < 4.78 is 13.7. The van der Waals surface area contributed by atoms with Crippen LogP contribution in [0.3, 0.4) is 0 Å². The number of H-pyrrole nitrogens is 1. The molecule has 8 rings (SSSR count). The van der Waals surface area contributed by atoms with E-state index >= 15 is 0 Å². The molecule has 6 fully saturated rings. The number of Topliss-reactive ketones (excluding diaryl/α,β-unsaturated/α-hetero) is 1. The fourth-order valence-electron chi connectivity index (χ4n) is 14.9. The van der Waals surface area contributed by atoms with Crippen molar-refractivity contribution >= 4 is 11.8 Å². The number of esters is 1. The average Bonchev–Trinajstić information content (AvgIpc) is 3.86. The number of ether oxygens (including phenoxy) is 2. The van der Waals surface area contributed by atoms with Crippen molar-refractivity contribution < 1.29 is 34.4 Å². The van der Waals surface area contributed by atoms with Crippen LogP contribution in [0, 0.1) is 62.6 Å². The minimum Gasteiger partial charge on any atom is -0.469 e. The molecule has 2 aromatic rings. The summed E-state index contributed by atoms with van der Waals surface area (Å²) in [5.74, 6) is 1.22. The van der Waals surface area contributed by atoms with Crippen molar-refractivity contribution in [3.63, 3.8) is 0 Å². The van der Waals surface area contributed by atoms with Crippen molar-refractivity contribution in [2.45, 2.75) is 130 Å². The summed E-state index contributed by atoms with van der Waals surface area (Å²) in [5, 5.41) is 41.5. The maximum atomic E-state index is 14.6. The number of nitrogens with zero attached hydrogens (tertiary/aromatic N) is 4. The van der Waals surface area contributed by atoms with E-state index in [2.05, 4.69) is 63.4 Å². The maximum absolute atomic E-state index is 14.6. The predicted molar refractivity (Wildman–Crippen MR) is 207 cm³/mol. The number of aromatic nitrogens is 5. The monoisotopic (exact) mass is 791 g/mol. The summed E-state index contributed by atoms with van der Waals surface area (Å²) >= 11 is 0. The molecule has 57 heavy (non-hydrogen) atoms. The van der Waals surface area contributed by atoms with Crippen LogP contribution in [0.15, 0.2) is 40.2 Å². The van der Waals surface area contributed by atoms with Gasteiger partial charge in [-0.2, -0.15) is 0 Å². The van der Waals surface area contributed by atoms with Crippen molar-refractivity contribution in [2.75, 3.05) is 13.7 Å². The summed E-state index contributed by atoms with van der Waals surface area (Å²) in [7, 11) is 1.54. The Kier molecular flexibility index (Phi) is 9.39. The summed E-state index contributed by atoms with van der Waals surface area (Å²) in [5.41, 5.74) is -3.06. The van der Waals surface area contributed by atoms with E-state index in [1.807, 2.05) is 0 Å². The molecule has 0 radical (unpaired) electrons. The van der Waals surface area contributed by atoms with Crippen LogP contribution in [-0.4, -0.2) is 77.5 Å². The van der Waals surface area contributed by atoms with E-state index in [1.165, 1.54) is 18.9 Å². The van der Waals surface area contributed by atoms with Gasteiger partial charge in [-0.15, -0.1) is 5.10 Å². The van der Waals surface area contributed by atoms with Gasteiger partial charge in [-0.1, -0.05) is 52.0 Å². The lowest BCUT2D eigenvalue weighted by Crippen LogP contribution is -2.67. The lowest BCUT2D eigenvalue weighted by Gasteiger charge is -2.72. The van der Waals surface area contributed by atoms with E-state index in [1.54, 1.807) is 0 Å². The minimum atomic E-state index is -2.00. The summed E-state index contributed by atoms with van der Waals surface area (Å²) in [4.78, 5) is 54.6. The number of allylic oxidation sites excluding steroid dienone is 1. The van der Waals surface area contributed by atoms with Gasteiger partial charge in [-0.3, -0.25) is 23.9 Å². The van der Waals surface area contributed by atoms with Gasteiger partial charge < -0.3 is 24.8 Å². The molecule has 14 heteroatoms. The van der Waals surface area contributed by atoms with Gasteiger partial charge in [-0.25, -0.2) is 9.48 Å². The second kappa shape index (κ2) is 13.3. The summed E-state index contributed by atoms with van der Waals surface area (Å²) in [6, 6.07) is 1.09. The Bertz CT molecular complexity index is 2090. The highest BCUT2D eigenvalue weighted by Crippen LogP contribution is 2.77. The molecule has 14 nitrogen and oxygen atoms in total. The molecule has 0 spiro atoms. The molecule has 0 amide bonds. The normalized spacial score (nSPS) is 44.7. The van der Waals surface area contributed by atoms with Crippen LogP contribution in [0.4, 0.5) is 0 Å². The molecular weight excluding hydrogens is 730 g/mol. The maximum Gasteiger partial charge on any atom is 0.330 e. The Balaban J connectivity index is 1.08. The summed E-state index contributed by atoms with van der Waals surface area (Å²) in [6.07, 6.45) is 6.54. The number of hydrogen-bond donors (Lipinski definition) is 4. The molecule has 3 heterocycles. The van der Waals surface area contributed by atoms with Crippen molar-refractivity contribution in [3.8, 4) is 0 Å². The van der Waals surface area contributed by atoms with Crippen LogP contribution < -0.4 is 11.2 Å². The number of ketones is 1. The molecule has 4 N–H and O–H groups in total. The zero-order valence-corrected chi connectivity index (χ0v) is 34.5. The van der Waals surface area contributed by atoms with E-state index in [0.29, 0.717) is 36.3 Å². The molecule has 0 unspecified atom stereocenters. The highest BCUT2D eigenvalue weighted by atomic mass is 16.6. The third-order valence-corrected chi connectivity index (χ3v) is 17.6. The van der Waals surface area contributed by atoms with Crippen molar-refractivity contribution in [3.05, 3.63) is 57.1 Å². The van der Waals surface area contributed by atoms with Crippen LogP contribution in [0.5, 0.6) is 0 Å². The number of rotatable bonds is 7. The third-order valence-electron chi connectivity index (χ3n) is 17.6. The summed E-state index contributed by atoms with van der Waals surface area (Å²) in [6.45, 7) is 17.5. The number of carbonyl (C=O) groups is 2. The first kappa shape index (κ1) is 40.3. The Morgan fingerprint density at radius 3 is 2.42 bits per heavy atom. The van der Waals surface area contributed by atoms with Gasteiger partial charge in [0.25, 0.3) is 5.56 Å². The average molecular weight is 792 g/mol. The highest BCUT2D eigenvalue weighted by molar-refractivity contribution is 5.88. The zero-order chi connectivity index (χ0) is 41.2. The molecule has 0 aromatic carbocycles. The van der Waals surface area contributed by atoms with Gasteiger partial charge in [0.15, 0.2) is 6.23 Å². The van der Waals surface area contributed by atoms with Gasteiger partial charge in [0, 0.05) is 30.0 Å². The van der Waals surface area contributed by atoms with E-state index < -0.39 is 52.8 Å². The van der Waals surface area contributed by atoms with Gasteiger partial charge in [0.2, 0.25) is 5.72 Å². The molecule has 5 aliphatic carbocycles. The number of hydrogen-bond acceptors (Lipinski definition) is 11. The molecule has 2 aromatic heterocycles. The number of methoxy groups -OCH3 is 1. The quantitative estimate of drug-likeness (QED) is 0.234. The number of nitrogens with one attached hydrogen (secondary N) is 1. The minimum absolute atomic E-state index is 0.00271. The first-order chi connectivity index (χ1) is 26.8. The second-order valence-corrected chi connectivity index (χ2v) is 20.1. The van der Waals surface area contributed by atoms with Crippen molar-refractivity contribution in [1.82, 2.24) is 24.5 Å². The van der Waals surface area contributed by atoms with E-state index in [4.69, 9.17) is 9.47 Å². The lowest BCUT2D eigenvalue weighted by molar-refractivity contribution is -0.239. The Morgan fingerprint density at radius 2 is 1.75 bits per heavy atom. The molecule has 5 saturated carbocycles. The first-order valence-electron chi connectivity index (χ1n) is 20.9. The molecule has 1 aliphatic heterocycles. The Hall–Kier alpha value is -3.46. The molecule has 0 bridgehead atoms. The fraction of sp³-hybridized carbons (Fsp3) is 0.767. The molecule has 1 saturated heterocycles.